The van der Waals surface area contributed by atoms with Crippen molar-refractivity contribution in [3.63, 3.8) is 0 Å². The fourth-order valence-corrected chi connectivity index (χ4v) is 5.59. The van der Waals surface area contributed by atoms with E-state index in [1.807, 2.05) is 30.1 Å². The van der Waals surface area contributed by atoms with E-state index in [0.717, 1.165) is 29.8 Å². The van der Waals surface area contributed by atoms with E-state index in [2.05, 4.69) is 5.32 Å². The number of fused-ring (bicyclic) bond motifs is 1. The summed E-state index contributed by atoms with van der Waals surface area (Å²) < 4.78 is 10.8. The molecule has 1 unspecified atom stereocenters. The third-order valence-electron chi connectivity index (χ3n) is 7.55. The number of likely N-dealkylation sites (N-methyl/N-ethyl adjacent to an activating group) is 1. The summed E-state index contributed by atoms with van der Waals surface area (Å²) in [6, 6.07) is 12.4. The zero-order chi connectivity index (χ0) is 25.5. The summed E-state index contributed by atoms with van der Waals surface area (Å²) in [5.74, 6) is 1.76. The van der Waals surface area contributed by atoms with Gasteiger partial charge in [-0.05, 0) is 62.4 Å². The van der Waals surface area contributed by atoms with Crippen LogP contribution in [-0.4, -0.2) is 50.2 Å². The number of hydrazine groups is 1. The van der Waals surface area contributed by atoms with E-state index in [1.54, 1.807) is 43.5 Å². The maximum absolute atomic E-state index is 14.0. The van der Waals surface area contributed by atoms with Crippen LogP contribution in [0.25, 0.3) is 0 Å². The molecule has 1 atom stereocenters. The van der Waals surface area contributed by atoms with Gasteiger partial charge in [-0.15, -0.1) is 0 Å². The summed E-state index contributed by atoms with van der Waals surface area (Å²) in [5, 5.41) is 6.91. The van der Waals surface area contributed by atoms with Crippen LogP contribution in [0.3, 0.4) is 0 Å². The van der Waals surface area contributed by atoms with Crippen molar-refractivity contribution in [1.29, 1.82) is 0 Å². The number of nitrogens with one attached hydrogen (secondary N) is 1. The first kappa shape index (κ1) is 25.9. The Hall–Kier alpha value is -3.22. The molecule has 2 aliphatic rings. The SMILES string of the molecule is CCN(C(=O)C(CCC1CCCCC1)NC(=O)c1cccc(OC)c1)N1CCc2c(OC)cccc21. The van der Waals surface area contributed by atoms with Gasteiger partial charge in [0.25, 0.3) is 11.8 Å². The normalized spacial score (nSPS) is 16.2. The van der Waals surface area contributed by atoms with Gasteiger partial charge in [0.15, 0.2) is 0 Å². The first-order valence-electron chi connectivity index (χ1n) is 13.2. The van der Waals surface area contributed by atoms with Gasteiger partial charge in [0.1, 0.15) is 17.5 Å². The molecule has 2 amide bonds. The molecule has 1 fully saturated rings. The maximum Gasteiger partial charge on any atom is 0.263 e. The van der Waals surface area contributed by atoms with Gasteiger partial charge >= 0.3 is 0 Å². The van der Waals surface area contributed by atoms with Crippen LogP contribution in [0.2, 0.25) is 0 Å². The summed E-state index contributed by atoms with van der Waals surface area (Å²) >= 11 is 0. The molecule has 0 aromatic heterocycles. The second-order valence-corrected chi connectivity index (χ2v) is 9.72. The number of ether oxygens (including phenoxy) is 2. The second kappa shape index (κ2) is 12.2. The summed E-state index contributed by atoms with van der Waals surface area (Å²) in [4.78, 5) is 27.2. The van der Waals surface area contributed by atoms with E-state index >= 15 is 0 Å². The van der Waals surface area contributed by atoms with Gasteiger partial charge in [-0.2, -0.15) is 0 Å². The molecule has 2 aromatic carbocycles. The van der Waals surface area contributed by atoms with Crippen molar-refractivity contribution in [2.24, 2.45) is 5.92 Å². The van der Waals surface area contributed by atoms with Crippen LogP contribution in [0.1, 0.15) is 67.8 Å². The standard InChI is InChI=1S/C29H39N3O4/c1-4-31(32-19-18-24-26(32)14-9-15-27(24)36-3)29(34)25(17-16-21-10-6-5-7-11-21)30-28(33)22-12-8-13-23(20-22)35-2/h8-9,12-15,20-21,25H,4-7,10-11,16-19H2,1-3H3,(H,30,33). The lowest BCUT2D eigenvalue weighted by atomic mass is 9.85. The van der Waals surface area contributed by atoms with Gasteiger partial charge in [0, 0.05) is 24.2 Å². The molecule has 7 nitrogen and oxygen atoms in total. The molecule has 0 spiro atoms. The highest BCUT2D eigenvalue weighted by Crippen LogP contribution is 2.36. The molecule has 7 heteroatoms. The van der Waals surface area contributed by atoms with Crippen LogP contribution in [0, 0.1) is 5.92 Å². The molecule has 1 aliphatic heterocycles. The van der Waals surface area contributed by atoms with Crippen molar-refractivity contribution in [3.05, 3.63) is 53.6 Å². The van der Waals surface area contributed by atoms with Crippen molar-refractivity contribution < 1.29 is 19.1 Å². The van der Waals surface area contributed by atoms with Crippen molar-refractivity contribution in [2.75, 3.05) is 32.3 Å². The lowest BCUT2D eigenvalue weighted by Crippen LogP contribution is -2.54. The molecule has 2 aromatic rings. The van der Waals surface area contributed by atoms with Crippen LogP contribution in [0.15, 0.2) is 42.5 Å². The minimum Gasteiger partial charge on any atom is -0.497 e. The number of carbonyl (C=O) groups excluding carboxylic acids is 2. The highest BCUT2D eigenvalue weighted by atomic mass is 16.5. The quantitative estimate of drug-likeness (QED) is 0.505. The number of hydrogen-bond donors (Lipinski definition) is 1. The van der Waals surface area contributed by atoms with Gasteiger partial charge in [0.2, 0.25) is 0 Å². The molecule has 0 radical (unpaired) electrons. The molecule has 0 bridgehead atoms. The molecule has 4 rings (SSSR count). The molecule has 1 N–H and O–H groups in total. The minimum absolute atomic E-state index is 0.0692. The van der Waals surface area contributed by atoms with Crippen molar-refractivity contribution in [3.8, 4) is 11.5 Å². The van der Waals surface area contributed by atoms with Crippen molar-refractivity contribution >= 4 is 17.5 Å². The fourth-order valence-electron chi connectivity index (χ4n) is 5.59. The summed E-state index contributed by atoms with van der Waals surface area (Å²) in [6.07, 6.45) is 8.62. The van der Waals surface area contributed by atoms with E-state index in [-0.39, 0.29) is 11.8 Å². The Kier molecular flexibility index (Phi) is 8.73. The number of carbonyl (C=O) groups is 2. The number of amides is 2. The summed E-state index contributed by atoms with van der Waals surface area (Å²) in [7, 11) is 3.26. The van der Waals surface area contributed by atoms with Crippen LogP contribution < -0.4 is 19.8 Å². The lowest BCUT2D eigenvalue weighted by Gasteiger charge is -2.36. The van der Waals surface area contributed by atoms with Crippen LogP contribution in [0.4, 0.5) is 5.69 Å². The Labute approximate surface area is 214 Å². The molecule has 1 saturated carbocycles. The zero-order valence-corrected chi connectivity index (χ0v) is 21.8. The zero-order valence-electron chi connectivity index (χ0n) is 21.8. The lowest BCUT2D eigenvalue weighted by molar-refractivity contribution is -0.134. The van der Waals surface area contributed by atoms with Gasteiger partial charge < -0.3 is 14.8 Å². The first-order chi connectivity index (χ1) is 17.5. The number of nitrogens with zero attached hydrogens (tertiary/aromatic N) is 2. The molecule has 36 heavy (non-hydrogen) atoms. The predicted molar refractivity (Wildman–Crippen MR) is 141 cm³/mol. The van der Waals surface area contributed by atoms with Crippen LogP contribution in [-0.2, 0) is 11.2 Å². The average molecular weight is 494 g/mol. The van der Waals surface area contributed by atoms with Gasteiger partial charge in [-0.3, -0.25) is 19.6 Å². The topological polar surface area (TPSA) is 71.1 Å². The number of benzene rings is 2. The number of hydrogen-bond acceptors (Lipinski definition) is 5. The van der Waals surface area contributed by atoms with Crippen LogP contribution in [0.5, 0.6) is 11.5 Å². The molecule has 0 saturated heterocycles. The summed E-state index contributed by atoms with van der Waals surface area (Å²) in [6.45, 7) is 3.21. The molecule has 1 heterocycles. The molecule has 1 aliphatic carbocycles. The molecular weight excluding hydrogens is 454 g/mol. The Balaban J connectivity index is 1.55. The second-order valence-electron chi connectivity index (χ2n) is 9.72. The first-order valence-corrected chi connectivity index (χ1v) is 13.2. The fraction of sp³-hybridized carbons (Fsp3) is 0.517. The monoisotopic (exact) mass is 493 g/mol. The van der Waals surface area contributed by atoms with Crippen molar-refractivity contribution in [2.45, 2.75) is 64.3 Å². The van der Waals surface area contributed by atoms with E-state index < -0.39 is 6.04 Å². The van der Waals surface area contributed by atoms with E-state index in [1.165, 1.54) is 32.1 Å². The molecule has 194 valence electrons. The smallest absolute Gasteiger partial charge is 0.263 e. The molecular formula is C29H39N3O4. The van der Waals surface area contributed by atoms with Gasteiger partial charge in [0.05, 0.1) is 19.9 Å². The maximum atomic E-state index is 14.0. The Bertz CT molecular complexity index is 1050. The Morgan fingerprint density at radius 1 is 1.08 bits per heavy atom. The number of anilines is 1. The highest BCUT2D eigenvalue weighted by molar-refractivity contribution is 5.98. The largest absolute Gasteiger partial charge is 0.497 e. The average Bonchev–Trinajstić information content (AvgIpc) is 3.36. The Morgan fingerprint density at radius 2 is 1.86 bits per heavy atom. The predicted octanol–water partition coefficient (Wildman–Crippen LogP) is 4.99. The minimum atomic E-state index is -0.597. The van der Waals surface area contributed by atoms with Crippen molar-refractivity contribution in [1.82, 2.24) is 10.3 Å². The van der Waals surface area contributed by atoms with E-state index in [9.17, 15) is 9.59 Å². The third-order valence-corrected chi connectivity index (χ3v) is 7.55. The summed E-state index contributed by atoms with van der Waals surface area (Å²) in [5.41, 5.74) is 2.60. The Morgan fingerprint density at radius 3 is 2.58 bits per heavy atom. The van der Waals surface area contributed by atoms with E-state index in [4.69, 9.17) is 9.47 Å². The van der Waals surface area contributed by atoms with Gasteiger partial charge in [-0.1, -0.05) is 44.2 Å². The van der Waals surface area contributed by atoms with Crippen LogP contribution >= 0.6 is 0 Å². The van der Waals surface area contributed by atoms with E-state index in [0.29, 0.717) is 36.7 Å². The number of rotatable bonds is 10. The number of methoxy groups -OCH3 is 2. The van der Waals surface area contributed by atoms with Gasteiger partial charge in [-0.25, -0.2) is 0 Å². The third kappa shape index (κ3) is 5.77. The highest BCUT2D eigenvalue weighted by Gasteiger charge is 2.34.